The molecule has 1 aromatic heterocycles. The van der Waals surface area contributed by atoms with Crippen LogP contribution in [0.4, 0.5) is 0 Å². The Morgan fingerprint density at radius 3 is 2.62 bits per heavy atom. The van der Waals surface area contributed by atoms with Crippen LogP contribution in [-0.2, 0) is 10.3 Å². The zero-order valence-electron chi connectivity index (χ0n) is 8.00. The van der Waals surface area contributed by atoms with E-state index in [0.717, 1.165) is 6.42 Å². The Labute approximate surface area is 82.2 Å². The lowest BCUT2D eigenvalue weighted by molar-refractivity contribution is -0.0403. The standard InChI is InChI=1S/C8H13ClN2O2/c1-4-8(3,12-5-2)6-10-7(9)13-11-6/h4-5H2,1-3H3. The second-order valence-electron chi connectivity index (χ2n) is 2.89. The van der Waals surface area contributed by atoms with E-state index in [-0.39, 0.29) is 5.35 Å². The zero-order chi connectivity index (χ0) is 9.90. The quantitative estimate of drug-likeness (QED) is 0.756. The first kappa shape index (κ1) is 10.5. The van der Waals surface area contributed by atoms with Gasteiger partial charge in [-0.25, -0.2) is 0 Å². The summed E-state index contributed by atoms with van der Waals surface area (Å²) in [7, 11) is 0. The average molecular weight is 205 g/mol. The number of aromatic nitrogens is 2. The van der Waals surface area contributed by atoms with Crippen LogP contribution in [0, 0.1) is 0 Å². The fourth-order valence-electron chi connectivity index (χ4n) is 1.06. The highest BCUT2D eigenvalue weighted by Gasteiger charge is 2.30. The van der Waals surface area contributed by atoms with Crippen molar-refractivity contribution in [3.05, 3.63) is 11.2 Å². The molecule has 5 heteroatoms. The smallest absolute Gasteiger partial charge is 0.320 e. The molecule has 13 heavy (non-hydrogen) atoms. The van der Waals surface area contributed by atoms with Crippen LogP contribution in [0.5, 0.6) is 0 Å². The van der Waals surface area contributed by atoms with Crippen molar-refractivity contribution in [3.63, 3.8) is 0 Å². The monoisotopic (exact) mass is 204 g/mol. The minimum atomic E-state index is -0.495. The first-order chi connectivity index (χ1) is 6.12. The van der Waals surface area contributed by atoms with Crippen LogP contribution in [0.2, 0.25) is 5.35 Å². The zero-order valence-corrected chi connectivity index (χ0v) is 8.76. The van der Waals surface area contributed by atoms with Crippen LogP contribution in [0.1, 0.15) is 33.0 Å². The fourth-order valence-corrected chi connectivity index (χ4v) is 1.18. The SMILES string of the molecule is CCOC(C)(CC)c1noc(Cl)n1. The van der Waals surface area contributed by atoms with E-state index in [9.17, 15) is 0 Å². The van der Waals surface area contributed by atoms with Gasteiger partial charge in [0, 0.05) is 6.61 Å². The van der Waals surface area contributed by atoms with Gasteiger partial charge in [-0.15, -0.1) is 0 Å². The predicted octanol–water partition coefficient (Wildman–Crippen LogP) is 2.38. The maximum absolute atomic E-state index is 5.53. The minimum Gasteiger partial charge on any atom is -0.367 e. The van der Waals surface area contributed by atoms with Crippen molar-refractivity contribution in [2.45, 2.75) is 32.8 Å². The van der Waals surface area contributed by atoms with Gasteiger partial charge in [0.05, 0.1) is 0 Å². The van der Waals surface area contributed by atoms with Crippen LogP contribution in [-0.4, -0.2) is 16.7 Å². The van der Waals surface area contributed by atoms with E-state index in [2.05, 4.69) is 14.7 Å². The predicted molar refractivity (Wildman–Crippen MR) is 48.6 cm³/mol. The van der Waals surface area contributed by atoms with E-state index in [1.165, 1.54) is 0 Å². The highest BCUT2D eigenvalue weighted by Crippen LogP contribution is 2.26. The third-order valence-electron chi connectivity index (χ3n) is 2.01. The Hall–Kier alpha value is -0.610. The molecule has 1 unspecified atom stereocenters. The molecule has 0 bridgehead atoms. The lowest BCUT2D eigenvalue weighted by Crippen LogP contribution is -2.26. The molecule has 0 aliphatic carbocycles. The summed E-state index contributed by atoms with van der Waals surface area (Å²) in [6.07, 6.45) is 0.775. The van der Waals surface area contributed by atoms with Gasteiger partial charge in [0.1, 0.15) is 5.60 Å². The van der Waals surface area contributed by atoms with Crippen LogP contribution >= 0.6 is 11.6 Å². The summed E-state index contributed by atoms with van der Waals surface area (Å²) in [4.78, 5) is 3.93. The van der Waals surface area contributed by atoms with E-state index in [4.69, 9.17) is 16.3 Å². The number of hydrogen-bond donors (Lipinski definition) is 0. The molecule has 0 N–H and O–H groups in total. The third-order valence-corrected chi connectivity index (χ3v) is 2.17. The Bertz CT molecular complexity index is 277. The summed E-state index contributed by atoms with van der Waals surface area (Å²) in [5.41, 5.74) is -0.495. The van der Waals surface area contributed by atoms with Crippen molar-refractivity contribution in [2.24, 2.45) is 0 Å². The van der Waals surface area contributed by atoms with Gasteiger partial charge in [-0.3, -0.25) is 0 Å². The van der Waals surface area contributed by atoms with Crippen LogP contribution in [0.25, 0.3) is 0 Å². The second kappa shape index (κ2) is 4.07. The fraction of sp³-hybridized carbons (Fsp3) is 0.750. The average Bonchev–Trinajstić information content (AvgIpc) is 2.52. The first-order valence-electron chi connectivity index (χ1n) is 4.26. The highest BCUT2D eigenvalue weighted by molar-refractivity contribution is 6.27. The number of halogens is 1. The molecule has 0 amide bonds. The number of nitrogens with zero attached hydrogens (tertiary/aromatic N) is 2. The first-order valence-corrected chi connectivity index (χ1v) is 4.64. The molecule has 0 fully saturated rings. The van der Waals surface area contributed by atoms with E-state index in [0.29, 0.717) is 12.4 Å². The van der Waals surface area contributed by atoms with Gasteiger partial charge >= 0.3 is 5.35 Å². The minimum absolute atomic E-state index is 0.0504. The number of ether oxygens (including phenoxy) is 1. The highest BCUT2D eigenvalue weighted by atomic mass is 35.5. The summed E-state index contributed by atoms with van der Waals surface area (Å²) in [6, 6.07) is 0. The van der Waals surface area contributed by atoms with Gasteiger partial charge in [0.25, 0.3) is 0 Å². The molecule has 74 valence electrons. The summed E-state index contributed by atoms with van der Waals surface area (Å²) >= 11 is 5.53. The number of hydrogen-bond acceptors (Lipinski definition) is 4. The Morgan fingerprint density at radius 2 is 2.23 bits per heavy atom. The topological polar surface area (TPSA) is 48.2 Å². The molecule has 0 aliphatic heterocycles. The molecule has 0 spiro atoms. The van der Waals surface area contributed by atoms with E-state index >= 15 is 0 Å². The molecular weight excluding hydrogens is 192 g/mol. The Kier molecular flexibility index (Phi) is 3.27. The molecule has 1 atom stereocenters. The van der Waals surface area contributed by atoms with Gasteiger partial charge in [-0.1, -0.05) is 12.1 Å². The van der Waals surface area contributed by atoms with Gasteiger partial charge < -0.3 is 9.26 Å². The van der Waals surface area contributed by atoms with Gasteiger partial charge in [-0.05, 0) is 31.9 Å². The lowest BCUT2D eigenvalue weighted by Gasteiger charge is -2.23. The van der Waals surface area contributed by atoms with Crippen molar-refractivity contribution in [1.82, 2.24) is 10.1 Å². The molecule has 4 nitrogen and oxygen atoms in total. The van der Waals surface area contributed by atoms with Crippen LogP contribution in [0.15, 0.2) is 4.52 Å². The Morgan fingerprint density at radius 1 is 1.54 bits per heavy atom. The summed E-state index contributed by atoms with van der Waals surface area (Å²) in [6.45, 7) is 6.45. The second-order valence-corrected chi connectivity index (χ2v) is 3.21. The van der Waals surface area contributed by atoms with Gasteiger partial charge in [0.2, 0.25) is 5.82 Å². The number of rotatable bonds is 4. The molecule has 0 saturated carbocycles. The molecule has 0 radical (unpaired) electrons. The van der Waals surface area contributed by atoms with Crippen molar-refractivity contribution >= 4 is 11.6 Å². The summed E-state index contributed by atoms with van der Waals surface area (Å²) in [5, 5.41) is 3.78. The maximum atomic E-state index is 5.53. The van der Waals surface area contributed by atoms with Crippen molar-refractivity contribution in [2.75, 3.05) is 6.61 Å². The molecular formula is C8H13ClN2O2. The van der Waals surface area contributed by atoms with E-state index in [1.54, 1.807) is 0 Å². The largest absolute Gasteiger partial charge is 0.367 e. The molecule has 0 aliphatic rings. The van der Waals surface area contributed by atoms with E-state index in [1.807, 2.05) is 20.8 Å². The van der Waals surface area contributed by atoms with Gasteiger partial charge in [0.15, 0.2) is 0 Å². The molecule has 0 aromatic carbocycles. The molecule has 1 aromatic rings. The maximum Gasteiger partial charge on any atom is 0.320 e. The van der Waals surface area contributed by atoms with Crippen LogP contribution < -0.4 is 0 Å². The summed E-state index contributed by atoms with van der Waals surface area (Å²) < 4.78 is 10.2. The van der Waals surface area contributed by atoms with Crippen LogP contribution in [0.3, 0.4) is 0 Å². The molecule has 1 rings (SSSR count). The van der Waals surface area contributed by atoms with Crippen molar-refractivity contribution < 1.29 is 9.26 Å². The van der Waals surface area contributed by atoms with Crippen molar-refractivity contribution in [1.29, 1.82) is 0 Å². The van der Waals surface area contributed by atoms with E-state index < -0.39 is 5.60 Å². The third kappa shape index (κ3) is 2.19. The normalized spacial score (nSPS) is 15.7. The molecule has 1 heterocycles. The van der Waals surface area contributed by atoms with Gasteiger partial charge in [-0.2, -0.15) is 4.98 Å². The lowest BCUT2D eigenvalue weighted by atomic mass is 10.0. The molecule has 0 saturated heterocycles. The van der Waals surface area contributed by atoms with Crippen molar-refractivity contribution in [3.8, 4) is 0 Å². The Balaban J connectivity index is 2.88. The summed E-state index contributed by atoms with van der Waals surface area (Å²) in [5.74, 6) is 0.502.